The van der Waals surface area contributed by atoms with E-state index in [4.69, 9.17) is 9.47 Å². The van der Waals surface area contributed by atoms with Crippen LogP contribution < -0.4 is 9.47 Å². The number of nitrogens with zero attached hydrogens (tertiary/aromatic N) is 1. The summed E-state index contributed by atoms with van der Waals surface area (Å²) in [6, 6.07) is 14.0. The Bertz CT molecular complexity index is 753. The highest BCUT2D eigenvalue weighted by Gasteiger charge is 2.15. The third-order valence-corrected chi connectivity index (χ3v) is 3.43. The summed E-state index contributed by atoms with van der Waals surface area (Å²) in [5.74, 6) is 1.06. The van der Waals surface area contributed by atoms with Crippen LogP contribution in [0.15, 0.2) is 53.5 Å². The third kappa shape index (κ3) is 3.63. The van der Waals surface area contributed by atoms with E-state index in [1.165, 1.54) is 6.21 Å². The van der Waals surface area contributed by atoms with Crippen molar-refractivity contribution in [3.63, 3.8) is 0 Å². The number of aliphatic imine (C=N–C) groups is 1. The molecule has 23 heavy (non-hydrogen) atoms. The van der Waals surface area contributed by atoms with Crippen LogP contribution in [0.2, 0.25) is 0 Å². The highest BCUT2D eigenvalue weighted by Crippen LogP contribution is 2.32. The first kappa shape index (κ1) is 15.0. The first-order chi connectivity index (χ1) is 11.2. The third-order valence-electron chi connectivity index (χ3n) is 3.43. The van der Waals surface area contributed by atoms with E-state index in [1.54, 1.807) is 42.5 Å². The fourth-order valence-corrected chi connectivity index (χ4v) is 2.20. The number of ketones is 2. The molecule has 2 aromatic carbocycles. The molecular formula is C18H15NO4. The van der Waals surface area contributed by atoms with Crippen molar-refractivity contribution in [2.24, 2.45) is 4.99 Å². The number of benzene rings is 2. The zero-order valence-electron chi connectivity index (χ0n) is 12.4. The smallest absolute Gasteiger partial charge is 0.231 e. The summed E-state index contributed by atoms with van der Waals surface area (Å²) in [6.45, 7) is 0.217. The summed E-state index contributed by atoms with van der Waals surface area (Å²) in [4.78, 5) is 28.0. The van der Waals surface area contributed by atoms with Crippen LogP contribution in [0.25, 0.3) is 0 Å². The molecule has 2 aromatic rings. The minimum absolute atomic E-state index is 0.0401. The molecule has 0 fully saturated rings. The summed E-state index contributed by atoms with van der Waals surface area (Å²) in [7, 11) is 0. The molecule has 0 saturated carbocycles. The van der Waals surface area contributed by atoms with Crippen LogP contribution >= 0.6 is 0 Å². The zero-order valence-corrected chi connectivity index (χ0v) is 12.4. The van der Waals surface area contributed by atoms with Gasteiger partial charge >= 0.3 is 0 Å². The van der Waals surface area contributed by atoms with Gasteiger partial charge in [0.25, 0.3) is 0 Å². The second kappa shape index (κ2) is 6.87. The van der Waals surface area contributed by atoms with Gasteiger partial charge in [0, 0.05) is 23.8 Å². The monoisotopic (exact) mass is 309 g/mol. The average molecular weight is 309 g/mol. The minimum Gasteiger partial charge on any atom is -0.454 e. The van der Waals surface area contributed by atoms with Crippen molar-refractivity contribution >= 4 is 17.8 Å². The lowest BCUT2D eigenvalue weighted by Gasteiger charge is -2.00. The van der Waals surface area contributed by atoms with Crippen LogP contribution in [0.4, 0.5) is 0 Å². The molecule has 0 bridgehead atoms. The first-order valence-electron chi connectivity index (χ1n) is 7.23. The summed E-state index contributed by atoms with van der Waals surface area (Å²) < 4.78 is 10.4. The molecule has 1 aliphatic rings. The lowest BCUT2D eigenvalue weighted by molar-refractivity contribution is 0.0990. The Morgan fingerprint density at radius 3 is 2.57 bits per heavy atom. The van der Waals surface area contributed by atoms with Gasteiger partial charge in [0.1, 0.15) is 6.54 Å². The van der Waals surface area contributed by atoms with Gasteiger partial charge in [0.2, 0.25) is 6.79 Å². The number of rotatable bonds is 6. The SMILES string of the molecule is O=C(CC=NCC(=O)c1ccccc1)c1ccc2c(c1)OCO2. The second-order valence-corrected chi connectivity index (χ2v) is 5.01. The Morgan fingerprint density at radius 2 is 1.74 bits per heavy atom. The summed E-state index contributed by atoms with van der Waals surface area (Å²) in [5.41, 5.74) is 1.15. The van der Waals surface area contributed by atoms with Crippen molar-refractivity contribution < 1.29 is 19.1 Å². The van der Waals surface area contributed by atoms with Gasteiger partial charge in [-0.15, -0.1) is 0 Å². The fourth-order valence-electron chi connectivity index (χ4n) is 2.20. The van der Waals surface area contributed by atoms with E-state index in [-0.39, 0.29) is 31.3 Å². The van der Waals surface area contributed by atoms with Gasteiger partial charge in [-0.3, -0.25) is 14.6 Å². The number of carbonyl (C=O) groups excluding carboxylic acids is 2. The van der Waals surface area contributed by atoms with Crippen LogP contribution in [0.5, 0.6) is 11.5 Å². The van der Waals surface area contributed by atoms with E-state index in [2.05, 4.69) is 4.99 Å². The van der Waals surface area contributed by atoms with Gasteiger partial charge in [0.15, 0.2) is 23.1 Å². The summed E-state index contributed by atoms with van der Waals surface area (Å²) in [5, 5.41) is 0. The molecule has 116 valence electrons. The van der Waals surface area contributed by atoms with E-state index in [0.717, 1.165) is 0 Å². The average Bonchev–Trinajstić information content (AvgIpc) is 3.06. The van der Waals surface area contributed by atoms with Crippen molar-refractivity contribution in [1.82, 2.24) is 0 Å². The van der Waals surface area contributed by atoms with Gasteiger partial charge in [-0.2, -0.15) is 0 Å². The van der Waals surface area contributed by atoms with Crippen molar-refractivity contribution in [3.05, 3.63) is 59.7 Å². The topological polar surface area (TPSA) is 65.0 Å². The summed E-state index contributed by atoms with van der Waals surface area (Å²) >= 11 is 0. The lowest BCUT2D eigenvalue weighted by Crippen LogP contribution is -2.04. The van der Waals surface area contributed by atoms with Gasteiger partial charge in [-0.25, -0.2) is 0 Å². The molecule has 0 atom stereocenters. The quantitative estimate of drug-likeness (QED) is 0.608. The maximum Gasteiger partial charge on any atom is 0.231 e. The van der Waals surface area contributed by atoms with Gasteiger partial charge in [-0.05, 0) is 18.2 Å². The predicted octanol–water partition coefficient (Wildman–Crippen LogP) is 2.94. The predicted molar refractivity (Wildman–Crippen MR) is 85.6 cm³/mol. The maximum absolute atomic E-state index is 12.1. The maximum atomic E-state index is 12.1. The molecule has 0 N–H and O–H groups in total. The largest absolute Gasteiger partial charge is 0.454 e. The fraction of sp³-hybridized carbons (Fsp3) is 0.167. The second-order valence-electron chi connectivity index (χ2n) is 5.01. The number of Topliss-reactive ketones (excluding diaryl/α,β-unsaturated/α-hetero) is 2. The molecule has 0 aliphatic carbocycles. The molecule has 1 heterocycles. The molecule has 0 saturated heterocycles. The molecule has 0 amide bonds. The highest BCUT2D eigenvalue weighted by atomic mass is 16.7. The van der Waals surface area contributed by atoms with Crippen LogP contribution in [0, 0.1) is 0 Å². The van der Waals surface area contributed by atoms with Crippen molar-refractivity contribution in [3.8, 4) is 11.5 Å². The van der Waals surface area contributed by atoms with Crippen LogP contribution in [-0.2, 0) is 0 Å². The zero-order chi connectivity index (χ0) is 16.1. The van der Waals surface area contributed by atoms with Crippen molar-refractivity contribution in [2.75, 3.05) is 13.3 Å². The van der Waals surface area contributed by atoms with E-state index < -0.39 is 0 Å². The minimum atomic E-state index is -0.0841. The van der Waals surface area contributed by atoms with E-state index in [9.17, 15) is 9.59 Å². The Labute approximate surface area is 133 Å². The molecule has 1 aliphatic heterocycles. The van der Waals surface area contributed by atoms with Crippen LogP contribution in [-0.4, -0.2) is 31.1 Å². The molecule has 5 heteroatoms. The van der Waals surface area contributed by atoms with Crippen LogP contribution in [0.1, 0.15) is 27.1 Å². The Morgan fingerprint density at radius 1 is 0.957 bits per heavy atom. The van der Waals surface area contributed by atoms with E-state index in [1.807, 2.05) is 6.07 Å². The Kier molecular flexibility index (Phi) is 4.47. The number of carbonyl (C=O) groups is 2. The molecule has 5 nitrogen and oxygen atoms in total. The number of hydrogen-bond acceptors (Lipinski definition) is 5. The van der Waals surface area contributed by atoms with Gasteiger partial charge < -0.3 is 9.47 Å². The number of hydrogen-bond donors (Lipinski definition) is 0. The summed E-state index contributed by atoms with van der Waals surface area (Å²) in [6.07, 6.45) is 1.62. The molecule has 0 aromatic heterocycles. The standard InChI is InChI=1S/C18H15NO4/c20-15(14-6-7-17-18(10-14)23-12-22-17)8-9-19-11-16(21)13-4-2-1-3-5-13/h1-7,9-10H,8,11-12H2. The van der Waals surface area contributed by atoms with Crippen molar-refractivity contribution in [2.45, 2.75) is 6.42 Å². The first-order valence-corrected chi connectivity index (χ1v) is 7.23. The highest BCUT2D eigenvalue weighted by molar-refractivity contribution is 6.04. The molecular weight excluding hydrogens is 294 g/mol. The van der Waals surface area contributed by atoms with Crippen LogP contribution in [0.3, 0.4) is 0 Å². The lowest BCUT2D eigenvalue weighted by atomic mass is 10.1. The normalized spacial score (nSPS) is 12.5. The van der Waals surface area contributed by atoms with Gasteiger partial charge in [0.05, 0.1) is 0 Å². The number of ether oxygens (including phenoxy) is 2. The van der Waals surface area contributed by atoms with Crippen molar-refractivity contribution in [1.29, 1.82) is 0 Å². The van der Waals surface area contributed by atoms with E-state index >= 15 is 0 Å². The van der Waals surface area contributed by atoms with Gasteiger partial charge in [-0.1, -0.05) is 30.3 Å². The number of fused-ring (bicyclic) bond motifs is 1. The molecule has 3 rings (SSSR count). The van der Waals surface area contributed by atoms with E-state index in [0.29, 0.717) is 22.6 Å². The molecule has 0 spiro atoms. The Balaban J connectivity index is 1.54. The molecule has 0 unspecified atom stereocenters. The molecule has 0 radical (unpaired) electrons. The Hall–Kier alpha value is -2.95.